The first-order valence-electron chi connectivity index (χ1n) is 7.34. The topological polar surface area (TPSA) is 101 Å². The van der Waals surface area contributed by atoms with Crippen LogP contribution in [0.5, 0.6) is 0 Å². The maximum absolute atomic E-state index is 12.4. The highest BCUT2D eigenvalue weighted by molar-refractivity contribution is 5.87. The molecule has 0 aliphatic rings. The number of nitrogens with one attached hydrogen (secondary N) is 3. The SMILES string of the molecule is CCc1nn(C)c(CC)c1CNC(=O)Nc1n[nH]c(C(F)(F)F)n1. The minimum atomic E-state index is -4.65. The summed E-state index contributed by atoms with van der Waals surface area (Å²) in [4.78, 5) is 15.0. The van der Waals surface area contributed by atoms with E-state index < -0.39 is 24.0 Å². The molecule has 3 N–H and O–H groups in total. The molecule has 0 saturated heterocycles. The van der Waals surface area contributed by atoms with Gasteiger partial charge >= 0.3 is 12.2 Å². The molecule has 2 amide bonds. The van der Waals surface area contributed by atoms with Crippen molar-refractivity contribution in [1.82, 2.24) is 30.3 Å². The second kappa shape index (κ2) is 6.89. The molecule has 0 bridgehead atoms. The number of hydrogen-bond acceptors (Lipinski definition) is 4. The maximum Gasteiger partial charge on any atom is 0.451 e. The van der Waals surface area contributed by atoms with Crippen LogP contribution in [0.1, 0.15) is 36.6 Å². The summed E-state index contributed by atoms with van der Waals surface area (Å²) in [5, 5.41) is 14.1. The van der Waals surface area contributed by atoms with Crippen LogP contribution in [0.25, 0.3) is 0 Å². The van der Waals surface area contributed by atoms with Gasteiger partial charge in [0.05, 0.1) is 5.69 Å². The quantitative estimate of drug-likeness (QED) is 0.771. The van der Waals surface area contributed by atoms with Crippen molar-refractivity contribution < 1.29 is 18.0 Å². The van der Waals surface area contributed by atoms with Gasteiger partial charge in [-0.25, -0.2) is 4.79 Å². The summed E-state index contributed by atoms with van der Waals surface area (Å²) >= 11 is 0. The summed E-state index contributed by atoms with van der Waals surface area (Å²) in [5.74, 6) is -1.72. The third kappa shape index (κ3) is 3.84. The minimum absolute atomic E-state index is 0.211. The largest absolute Gasteiger partial charge is 0.451 e. The number of hydrogen-bond donors (Lipinski definition) is 3. The molecule has 0 radical (unpaired) electrons. The number of aromatic nitrogens is 5. The molecule has 11 heteroatoms. The zero-order valence-corrected chi connectivity index (χ0v) is 13.5. The lowest BCUT2D eigenvalue weighted by atomic mass is 10.1. The van der Waals surface area contributed by atoms with E-state index in [1.165, 1.54) is 0 Å². The number of amides is 2. The van der Waals surface area contributed by atoms with E-state index in [-0.39, 0.29) is 6.54 Å². The van der Waals surface area contributed by atoms with Crippen LogP contribution in [0.4, 0.5) is 23.9 Å². The Morgan fingerprint density at radius 3 is 2.54 bits per heavy atom. The van der Waals surface area contributed by atoms with Gasteiger partial charge in [-0.2, -0.15) is 23.3 Å². The van der Waals surface area contributed by atoms with E-state index in [1.807, 2.05) is 20.9 Å². The molecule has 2 aromatic heterocycles. The van der Waals surface area contributed by atoms with E-state index in [2.05, 4.69) is 25.8 Å². The van der Waals surface area contributed by atoms with Gasteiger partial charge in [0.2, 0.25) is 11.8 Å². The van der Waals surface area contributed by atoms with E-state index in [4.69, 9.17) is 0 Å². The number of nitrogens with zero attached hydrogens (tertiary/aromatic N) is 4. The number of anilines is 1. The summed E-state index contributed by atoms with van der Waals surface area (Å²) in [6.07, 6.45) is -3.19. The first-order chi connectivity index (χ1) is 11.3. The van der Waals surface area contributed by atoms with Gasteiger partial charge in [-0.05, 0) is 12.8 Å². The number of rotatable bonds is 5. The highest BCUT2D eigenvalue weighted by Gasteiger charge is 2.35. The average molecular weight is 345 g/mol. The van der Waals surface area contributed by atoms with Crippen molar-refractivity contribution in [2.24, 2.45) is 7.05 Å². The van der Waals surface area contributed by atoms with Crippen molar-refractivity contribution in [1.29, 1.82) is 0 Å². The van der Waals surface area contributed by atoms with Crippen molar-refractivity contribution >= 4 is 12.0 Å². The highest BCUT2D eigenvalue weighted by atomic mass is 19.4. The molecular formula is C13H18F3N7O. The van der Waals surface area contributed by atoms with Crippen molar-refractivity contribution in [3.05, 3.63) is 22.8 Å². The monoisotopic (exact) mass is 345 g/mol. The molecule has 8 nitrogen and oxygen atoms in total. The summed E-state index contributed by atoms with van der Waals surface area (Å²) in [6, 6.07) is -0.698. The lowest BCUT2D eigenvalue weighted by molar-refractivity contribution is -0.144. The van der Waals surface area contributed by atoms with Gasteiger partial charge in [0.25, 0.3) is 0 Å². The van der Waals surface area contributed by atoms with Crippen LogP contribution in [0, 0.1) is 0 Å². The Bertz CT molecular complexity index is 720. The Kier molecular flexibility index (Phi) is 5.10. The summed E-state index contributed by atoms with van der Waals surface area (Å²) in [7, 11) is 1.83. The minimum Gasteiger partial charge on any atom is -0.334 e. The number of H-pyrrole nitrogens is 1. The van der Waals surface area contributed by atoms with Crippen LogP contribution in [0.3, 0.4) is 0 Å². The second-order valence-electron chi connectivity index (χ2n) is 5.02. The van der Waals surface area contributed by atoms with Crippen molar-refractivity contribution in [2.75, 3.05) is 5.32 Å². The Labute approximate surface area is 135 Å². The molecule has 0 saturated carbocycles. The third-order valence-corrected chi connectivity index (χ3v) is 3.43. The lowest BCUT2D eigenvalue weighted by Gasteiger charge is -2.07. The number of aromatic amines is 1. The van der Waals surface area contributed by atoms with Gasteiger partial charge in [0.15, 0.2) is 0 Å². The number of alkyl halides is 3. The zero-order chi connectivity index (χ0) is 17.9. The van der Waals surface area contributed by atoms with Crippen LogP contribution in [-0.4, -0.2) is 31.0 Å². The van der Waals surface area contributed by atoms with Gasteiger partial charge in [-0.15, -0.1) is 5.10 Å². The van der Waals surface area contributed by atoms with Crippen LogP contribution < -0.4 is 10.6 Å². The first kappa shape index (κ1) is 17.8. The molecule has 0 aliphatic heterocycles. The fourth-order valence-electron chi connectivity index (χ4n) is 2.35. The number of halogens is 3. The average Bonchev–Trinajstić information content (AvgIpc) is 3.08. The van der Waals surface area contributed by atoms with Crippen LogP contribution >= 0.6 is 0 Å². The smallest absolute Gasteiger partial charge is 0.334 e. The standard InChI is InChI=1S/C13H18F3N7O/c1-4-8-7(9(5-2)23(3)22-8)6-17-12(24)19-11-18-10(20-21-11)13(14,15)16/h4-6H2,1-3H3,(H3,17,18,19,20,21,24). The molecule has 0 aliphatic carbocycles. The molecule has 2 heterocycles. The van der Waals surface area contributed by atoms with Crippen LogP contribution in [-0.2, 0) is 32.6 Å². The second-order valence-corrected chi connectivity index (χ2v) is 5.02. The third-order valence-electron chi connectivity index (χ3n) is 3.43. The van der Waals surface area contributed by atoms with E-state index in [0.29, 0.717) is 6.42 Å². The Morgan fingerprint density at radius 1 is 1.29 bits per heavy atom. The van der Waals surface area contributed by atoms with E-state index in [1.54, 1.807) is 9.78 Å². The fourth-order valence-corrected chi connectivity index (χ4v) is 2.35. The van der Waals surface area contributed by atoms with Gasteiger partial charge in [-0.3, -0.25) is 15.1 Å². The van der Waals surface area contributed by atoms with Crippen molar-refractivity contribution in [3.8, 4) is 0 Å². The van der Waals surface area contributed by atoms with Crippen molar-refractivity contribution in [3.63, 3.8) is 0 Å². The fraction of sp³-hybridized carbons (Fsp3) is 0.538. The Hall–Kier alpha value is -2.59. The first-order valence-corrected chi connectivity index (χ1v) is 7.34. The number of urea groups is 1. The number of aryl methyl sites for hydroxylation is 2. The molecule has 24 heavy (non-hydrogen) atoms. The van der Waals surface area contributed by atoms with Crippen molar-refractivity contribution in [2.45, 2.75) is 39.4 Å². The Morgan fingerprint density at radius 2 is 2.00 bits per heavy atom. The molecule has 0 spiro atoms. The molecule has 2 aromatic rings. The van der Waals surface area contributed by atoms with Crippen LogP contribution in [0.15, 0.2) is 0 Å². The molecular weight excluding hydrogens is 327 g/mol. The van der Waals surface area contributed by atoms with Gasteiger partial charge < -0.3 is 5.32 Å². The predicted octanol–water partition coefficient (Wildman–Crippen LogP) is 2.00. The molecule has 0 aromatic carbocycles. The number of carbonyl (C=O) groups excluding carboxylic acids is 1. The van der Waals surface area contributed by atoms with Gasteiger partial charge in [0, 0.05) is 24.8 Å². The predicted molar refractivity (Wildman–Crippen MR) is 79.2 cm³/mol. The number of carbonyl (C=O) groups is 1. The maximum atomic E-state index is 12.4. The lowest BCUT2D eigenvalue weighted by Crippen LogP contribution is -2.29. The summed E-state index contributed by atoms with van der Waals surface area (Å²) < 4.78 is 39.0. The molecule has 2 rings (SSSR count). The Balaban J connectivity index is 2.00. The zero-order valence-electron chi connectivity index (χ0n) is 13.5. The summed E-state index contributed by atoms with van der Waals surface area (Å²) in [6.45, 7) is 4.15. The summed E-state index contributed by atoms with van der Waals surface area (Å²) in [5.41, 5.74) is 2.76. The highest BCUT2D eigenvalue weighted by Crippen LogP contribution is 2.26. The van der Waals surface area contributed by atoms with Crippen LogP contribution in [0.2, 0.25) is 0 Å². The van der Waals surface area contributed by atoms with E-state index in [0.717, 1.165) is 23.4 Å². The van der Waals surface area contributed by atoms with E-state index >= 15 is 0 Å². The van der Waals surface area contributed by atoms with Gasteiger partial charge in [-0.1, -0.05) is 13.8 Å². The molecule has 132 valence electrons. The van der Waals surface area contributed by atoms with Gasteiger partial charge in [0.1, 0.15) is 0 Å². The molecule has 0 fully saturated rings. The molecule has 0 atom stereocenters. The molecule has 0 unspecified atom stereocenters. The van der Waals surface area contributed by atoms with E-state index in [9.17, 15) is 18.0 Å². The normalized spacial score (nSPS) is 11.6.